The first-order valence-electron chi connectivity index (χ1n) is 4.08. The molecule has 0 aromatic carbocycles. The minimum Gasteiger partial charge on any atom is -0.310 e. The van der Waals surface area contributed by atoms with Crippen LogP contribution in [0.1, 0.15) is 18.4 Å². The van der Waals surface area contributed by atoms with Crippen LogP contribution in [0.2, 0.25) is 0 Å². The van der Waals surface area contributed by atoms with Crippen molar-refractivity contribution in [1.29, 1.82) is 0 Å². The fourth-order valence-electron chi connectivity index (χ4n) is 1.52. The van der Waals surface area contributed by atoms with Gasteiger partial charge < -0.3 is 5.32 Å². The highest BCUT2D eigenvalue weighted by Gasteiger charge is 2.44. The molecule has 64 valence electrons. The van der Waals surface area contributed by atoms with E-state index in [1.165, 1.54) is 18.4 Å². The van der Waals surface area contributed by atoms with Crippen LogP contribution < -0.4 is 5.32 Å². The third-order valence-corrected chi connectivity index (χ3v) is 3.14. The number of pyridine rings is 1. The lowest BCUT2D eigenvalue weighted by atomic mass is 10.1. The second-order valence-electron chi connectivity index (χ2n) is 3.17. The molecule has 0 saturated heterocycles. The maximum Gasteiger partial charge on any atom is 0.111 e. The average Bonchev–Trinajstić information content (AvgIpc) is 2.86. The van der Waals surface area contributed by atoms with Crippen molar-refractivity contribution in [3.8, 4) is 0 Å². The summed E-state index contributed by atoms with van der Waals surface area (Å²) in [4.78, 5) is 4.21. The Labute approximate surface area is 80.5 Å². The summed E-state index contributed by atoms with van der Waals surface area (Å²) in [6, 6.07) is 4.11. The van der Waals surface area contributed by atoms with Crippen molar-refractivity contribution < 1.29 is 0 Å². The predicted octanol–water partition coefficient (Wildman–Crippen LogP) is 2.05. The summed E-state index contributed by atoms with van der Waals surface area (Å²) < 4.78 is 0.969. The molecule has 0 radical (unpaired) electrons. The van der Waals surface area contributed by atoms with Crippen LogP contribution >= 0.6 is 15.9 Å². The maximum absolute atomic E-state index is 4.21. The summed E-state index contributed by atoms with van der Waals surface area (Å²) in [5.41, 5.74) is 1.50. The number of nitrogens with one attached hydrogen (secondary N) is 1. The molecule has 0 aliphatic heterocycles. The highest BCUT2D eigenvalue weighted by atomic mass is 79.9. The van der Waals surface area contributed by atoms with Crippen molar-refractivity contribution in [3.63, 3.8) is 0 Å². The first kappa shape index (κ1) is 8.20. The van der Waals surface area contributed by atoms with Crippen molar-refractivity contribution in [2.45, 2.75) is 18.4 Å². The van der Waals surface area contributed by atoms with Gasteiger partial charge in [-0.2, -0.15) is 0 Å². The summed E-state index contributed by atoms with van der Waals surface area (Å²) in [5.74, 6) is 0. The van der Waals surface area contributed by atoms with E-state index in [-0.39, 0.29) is 5.54 Å². The Morgan fingerprint density at radius 3 is 2.83 bits per heavy atom. The Morgan fingerprint density at radius 1 is 1.58 bits per heavy atom. The van der Waals surface area contributed by atoms with Crippen molar-refractivity contribution in [2.75, 3.05) is 7.05 Å². The van der Waals surface area contributed by atoms with Crippen LogP contribution in [0, 0.1) is 0 Å². The normalized spacial score (nSPS) is 19.2. The Balaban J connectivity index is 2.40. The van der Waals surface area contributed by atoms with Gasteiger partial charge in [0, 0.05) is 17.3 Å². The van der Waals surface area contributed by atoms with E-state index in [0.29, 0.717) is 0 Å². The van der Waals surface area contributed by atoms with E-state index < -0.39 is 0 Å². The Hall–Kier alpha value is -0.410. The second-order valence-corrected chi connectivity index (χ2v) is 3.93. The number of hydrogen-bond donors (Lipinski definition) is 1. The van der Waals surface area contributed by atoms with Gasteiger partial charge in [0.2, 0.25) is 0 Å². The Morgan fingerprint density at radius 2 is 2.33 bits per heavy atom. The van der Waals surface area contributed by atoms with Crippen molar-refractivity contribution in [2.24, 2.45) is 0 Å². The van der Waals surface area contributed by atoms with Gasteiger partial charge in [0.25, 0.3) is 0 Å². The third kappa shape index (κ3) is 1.17. The molecule has 0 spiro atoms. The lowest BCUT2D eigenvalue weighted by Crippen LogP contribution is -2.25. The molecule has 1 saturated carbocycles. The zero-order valence-electron chi connectivity index (χ0n) is 6.97. The van der Waals surface area contributed by atoms with E-state index in [2.05, 4.69) is 32.3 Å². The molecule has 1 N–H and O–H groups in total. The Kier molecular flexibility index (Phi) is 1.93. The van der Waals surface area contributed by atoms with Crippen molar-refractivity contribution >= 4 is 15.9 Å². The monoisotopic (exact) mass is 226 g/mol. The molecule has 3 heteroatoms. The van der Waals surface area contributed by atoms with Crippen molar-refractivity contribution in [1.82, 2.24) is 10.3 Å². The number of halogens is 1. The molecule has 2 nitrogen and oxygen atoms in total. The van der Waals surface area contributed by atoms with Crippen LogP contribution in [0.25, 0.3) is 0 Å². The molecule has 0 unspecified atom stereocenters. The number of rotatable bonds is 2. The molecular weight excluding hydrogens is 216 g/mol. The molecule has 12 heavy (non-hydrogen) atoms. The van der Waals surface area contributed by atoms with Gasteiger partial charge >= 0.3 is 0 Å². The molecule has 0 amide bonds. The van der Waals surface area contributed by atoms with Crippen LogP contribution in [0.4, 0.5) is 0 Å². The minimum atomic E-state index is 0.215. The van der Waals surface area contributed by atoms with E-state index in [9.17, 15) is 0 Å². The average molecular weight is 227 g/mol. The standard InChI is InChI=1S/C9H11BrN2/c1-11-9(4-5-9)7-3-2-6-12-8(7)10/h2-3,6,11H,4-5H2,1H3. The molecular formula is C9H11BrN2. The maximum atomic E-state index is 4.21. The zero-order valence-corrected chi connectivity index (χ0v) is 8.56. The zero-order chi connectivity index (χ0) is 8.60. The molecule has 1 aromatic heterocycles. The molecule has 1 aliphatic carbocycles. The van der Waals surface area contributed by atoms with Gasteiger partial charge in [-0.15, -0.1) is 0 Å². The summed E-state index contributed by atoms with van der Waals surface area (Å²) in [5, 5.41) is 3.34. The van der Waals surface area contributed by atoms with Crippen LogP contribution in [-0.2, 0) is 5.54 Å². The lowest BCUT2D eigenvalue weighted by molar-refractivity contribution is 0.580. The summed E-state index contributed by atoms with van der Waals surface area (Å²) in [6.45, 7) is 0. The molecule has 0 atom stereocenters. The number of hydrogen-bond acceptors (Lipinski definition) is 2. The Bertz CT molecular complexity index is 294. The molecule has 1 heterocycles. The summed E-state index contributed by atoms with van der Waals surface area (Å²) in [7, 11) is 2.01. The molecule has 1 aliphatic rings. The SMILES string of the molecule is CNC1(c2cccnc2Br)CC1. The van der Waals surface area contributed by atoms with Gasteiger partial charge in [-0.1, -0.05) is 6.07 Å². The largest absolute Gasteiger partial charge is 0.310 e. The van der Waals surface area contributed by atoms with Gasteiger partial charge in [-0.3, -0.25) is 0 Å². The van der Waals surface area contributed by atoms with Crippen LogP contribution in [0.3, 0.4) is 0 Å². The highest BCUT2D eigenvalue weighted by molar-refractivity contribution is 9.10. The number of aromatic nitrogens is 1. The molecule has 2 rings (SSSR count). The second kappa shape index (κ2) is 2.82. The minimum absolute atomic E-state index is 0.215. The summed E-state index contributed by atoms with van der Waals surface area (Å²) >= 11 is 3.46. The smallest absolute Gasteiger partial charge is 0.111 e. The first-order valence-corrected chi connectivity index (χ1v) is 4.88. The quantitative estimate of drug-likeness (QED) is 0.782. The van der Waals surface area contributed by atoms with Crippen molar-refractivity contribution in [3.05, 3.63) is 28.5 Å². The fraction of sp³-hybridized carbons (Fsp3) is 0.444. The predicted molar refractivity (Wildman–Crippen MR) is 51.9 cm³/mol. The van der Waals surface area contributed by atoms with Crippen LogP contribution in [0.5, 0.6) is 0 Å². The molecule has 0 bridgehead atoms. The van der Waals surface area contributed by atoms with Crippen LogP contribution in [-0.4, -0.2) is 12.0 Å². The van der Waals surface area contributed by atoms with Gasteiger partial charge in [0.05, 0.1) is 0 Å². The van der Waals surface area contributed by atoms with E-state index in [1.54, 1.807) is 6.20 Å². The third-order valence-electron chi connectivity index (χ3n) is 2.50. The van der Waals surface area contributed by atoms with E-state index in [1.807, 2.05) is 13.1 Å². The van der Waals surface area contributed by atoms with Gasteiger partial charge in [-0.25, -0.2) is 4.98 Å². The topological polar surface area (TPSA) is 24.9 Å². The first-order chi connectivity index (χ1) is 5.78. The fourth-order valence-corrected chi connectivity index (χ4v) is 2.15. The van der Waals surface area contributed by atoms with Gasteiger partial charge in [0.1, 0.15) is 4.60 Å². The van der Waals surface area contributed by atoms with Gasteiger partial charge in [0.15, 0.2) is 0 Å². The van der Waals surface area contributed by atoms with E-state index in [4.69, 9.17) is 0 Å². The molecule has 1 aromatic rings. The molecule has 1 fully saturated rings. The van der Waals surface area contributed by atoms with E-state index in [0.717, 1.165) is 4.60 Å². The summed E-state index contributed by atoms with van der Waals surface area (Å²) in [6.07, 6.45) is 4.24. The number of nitrogens with zero attached hydrogens (tertiary/aromatic N) is 1. The lowest BCUT2D eigenvalue weighted by Gasteiger charge is -2.14. The van der Waals surface area contributed by atoms with Crippen LogP contribution in [0.15, 0.2) is 22.9 Å². The van der Waals surface area contributed by atoms with E-state index >= 15 is 0 Å². The van der Waals surface area contributed by atoms with Gasteiger partial charge in [-0.05, 0) is 41.9 Å². The highest BCUT2D eigenvalue weighted by Crippen LogP contribution is 2.46.